The van der Waals surface area contributed by atoms with Crippen molar-refractivity contribution in [3.05, 3.63) is 60.7 Å². The molecule has 2 rings (SSSR count). The Bertz CT molecular complexity index is 668. The summed E-state index contributed by atoms with van der Waals surface area (Å²) in [5, 5.41) is 1.80. The van der Waals surface area contributed by atoms with Crippen LogP contribution in [0.4, 0.5) is 0 Å². The Labute approximate surface area is 223 Å². The van der Waals surface area contributed by atoms with Gasteiger partial charge in [0, 0.05) is 0 Å². The molecule has 0 amide bonds. The molecular formula is C29H46ClP2Rh. The van der Waals surface area contributed by atoms with E-state index in [1.807, 2.05) is 47.6 Å². The molecule has 4 heteroatoms. The molecule has 0 aliphatic carbocycles. The Kier molecular flexibility index (Phi) is 14.2. The Morgan fingerprint density at radius 2 is 0.939 bits per heavy atom. The van der Waals surface area contributed by atoms with Gasteiger partial charge in [-0.3, -0.25) is 12.1 Å². The zero-order chi connectivity index (χ0) is 26.1. The number of benzene rings is 2. The standard InChI is InChI=1S/C17H38P2.C12H8.ClH.Rh/c1-14(2,3)18(15(4,5)6)13-19(16(7,8)9)17(10,11)12;1-3-7-11(8-4-1)12-9-5-2-6-10-12;;/h13H2,1-12H3;1-4,7-10H;1H;/q;-2;;+3/p-1. The first-order valence-corrected chi connectivity index (χ1v) is 16.7. The van der Waals surface area contributed by atoms with Crippen molar-refractivity contribution >= 4 is 25.5 Å². The van der Waals surface area contributed by atoms with Crippen LogP contribution in [0.15, 0.2) is 48.5 Å². The third-order valence-corrected chi connectivity index (χ3v) is 14.0. The Balaban J connectivity index is 0.000000620. The normalized spacial score (nSPS) is 12.6. The molecule has 33 heavy (non-hydrogen) atoms. The average Bonchev–Trinajstić information content (AvgIpc) is 2.67. The predicted molar refractivity (Wildman–Crippen MR) is 153 cm³/mol. The molecule has 0 spiro atoms. The summed E-state index contributed by atoms with van der Waals surface area (Å²) in [6.07, 6.45) is 0. The third kappa shape index (κ3) is 12.7. The van der Waals surface area contributed by atoms with Gasteiger partial charge in [0.05, 0.1) is 0 Å². The van der Waals surface area contributed by atoms with Gasteiger partial charge < -0.3 is 18.2 Å². The van der Waals surface area contributed by atoms with Crippen molar-refractivity contribution in [1.29, 1.82) is 0 Å². The van der Waals surface area contributed by atoms with Gasteiger partial charge in [0.1, 0.15) is 0 Å². The van der Waals surface area contributed by atoms with Gasteiger partial charge in [0.2, 0.25) is 0 Å². The fourth-order valence-electron chi connectivity index (χ4n) is 4.15. The van der Waals surface area contributed by atoms with E-state index < -0.39 is 0 Å². The van der Waals surface area contributed by atoms with Crippen molar-refractivity contribution in [3.8, 4) is 11.1 Å². The average molecular weight is 595 g/mol. The second-order valence-corrected chi connectivity index (χ2v) is 20.5. The van der Waals surface area contributed by atoms with E-state index in [-0.39, 0.29) is 15.8 Å². The number of halogens is 1. The summed E-state index contributed by atoms with van der Waals surface area (Å²) < 4.78 is 0. The van der Waals surface area contributed by atoms with Gasteiger partial charge in [0.15, 0.2) is 0 Å². The first-order chi connectivity index (χ1) is 14.9. The molecular weight excluding hydrogens is 549 g/mol. The molecule has 0 unspecified atom stereocenters. The second-order valence-electron chi connectivity index (χ2n) is 12.3. The summed E-state index contributed by atoms with van der Waals surface area (Å²) in [7, 11) is 4.57. The second kappa shape index (κ2) is 14.1. The molecule has 0 aliphatic rings. The minimum Gasteiger partial charge on any atom is -0.358 e. The topological polar surface area (TPSA) is 0 Å². The summed E-state index contributed by atoms with van der Waals surface area (Å²) in [6.45, 7) is 29.4. The SMILES string of the molecule is CC(C)(C)P(CP(C(C)(C)C)C(C)(C)C)C(C)(C)C.[Cl][Rh+2].[c-]1c[c-]cc(-c2ccccc2)c1. The maximum atomic E-state index is 4.53. The Morgan fingerprint density at radius 3 is 1.24 bits per heavy atom. The van der Waals surface area contributed by atoms with Gasteiger partial charge in [-0.2, -0.15) is 0 Å². The maximum absolute atomic E-state index is 4.53. The van der Waals surface area contributed by atoms with E-state index in [4.69, 9.17) is 0 Å². The molecule has 0 fully saturated rings. The number of rotatable bonds is 3. The largest absolute Gasteiger partial charge is 0.358 e. The van der Waals surface area contributed by atoms with Crippen molar-refractivity contribution in [1.82, 2.24) is 0 Å². The molecule has 0 saturated heterocycles. The quantitative estimate of drug-likeness (QED) is 0.188. The van der Waals surface area contributed by atoms with Crippen molar-refractivity contribution in [2.45, 2.75) is 104 Å². The molecule has 188 valence electrons. The van der Waals surface area contributed by atoms with Crippen LogP contribution in [0.5, 0.6) is 0 Å². The van der Waals surface area contributed by atoms with Crippen LogP contribution in [0, 0.1) is 12.1 Å². The zero-order valence-corrected chi connectivity index (χ0v) is 27.1. The minimum atomic E-state index is 0.0181. The van der Waals surface area contributed by atoms with Crippen LogP contribution in [0.2, 0.25) is 0 Å². The maximum Gasteiger partial charge on any atom is -0.0624 e. The van der Waals surface area contributed by atoms with Crippen molar-refractivity contribution in [2.24, 2.45) is 0 Å². The monoisotopic (exact) mass is 594 g/mol. The van der Waals surface area contributed by atoms with Gasteiger partial charge in [-0.05, 0) is 26.5 Å². The fraction of sp³-hybridized carbons (Fsp3) is 0.586. The molecule has 2 aromatic rings. The molecule has 0 radical (unpaired) electrons. The molecule has 0 aromatic heterocycles. The molecule has 0 aliphatic heterocycles. The van der Waals surface area contributed by atoms with Crippen molar-refractivity contribution < 1.29 is 17.3 Å². The first kappa shape index (κ1) is 33.2. The number of hydrogen-bond acceptors (Lipinski definition) is 0. The Hall–Kier alpha value is 0.213. The predicted octanol–water partition coefficient (Wildman–Crippen LogP) is 10.7. The minimum absolute atomic E-state index is 0.0181. The molecule has 0 N–H and O–H groups in total. The van der Waals surface area contributed by atoms with E-state index in [0.717, 1.165) is 5.56 Å². The zero-order valence-electron chi connectivity index (χ0n) is 22.9. The van der Waals surface area contributed by atoms with Crippen LogP contribution in [-0.4, -0.2) is 26.5 Å². The van der Waals surface area contributed by atoms with Gasteiger partial charge in [-0.1, -0.05) is 129 Å². The van der Waals surface area contributed by atoms with Crippen molar-refractivity contribution in [2.75, 3.05) is 5.90 Å². The summed E-state index contributed by atoms with van der Waals surface area (Å²) in [4.78, 5) is 0. The van der Waals surface area contributed by atoms with Gasteiger partial charge in [0.25, 0.3) is 0 Å². The summed E-state index contributed by atoms with van der Waals surface area (Å²) in [6, 6.07) is 22.0. The van der Waals surface area contributed by atoms with Crippen LogP contribution >= 0.6 is 25.5 Å². The number of hydrogen-bond donors (Lipinski definition) is 0. The van der Waals surface area contributed by atoms with E-state index in [2.05, 4.69) is 117 Å². The van der Waals surface area contributed by atoms with Gasteiger partial charge in [-0.15, -0.1) is 5.56 Å². The van der Waals surface area contributed by atoms with Crippen LogP contribution < -0.4 is 0 Å². The van der Waals surface area contributed by atoms with Crippen LogP contribution in [0.3, 0.4) is 0 Å². The summed E-state index contributed by atoms with van der Waals surface area (Å²) in [5.41, 5.74) is 2.38. The van der Waals surface area contributed by atoms with E-state index >= 15 is 0 Å². The summed E-state index contributed by atoms with van der Waals surface area (Å²) >= 11 is 2.02. The van der Waals surface area contributed by atoms with Gasteiger partial charge in [-0.25, -0.2) is 5.56 Å². The van der Waals surface area contributed by atoms with Gasteiger partial charge >= 0.3 is 27.0 Å². The van der Waals surface area contributed by atoms with Crippen molar-refractivity contribution in [3.63, 3.8) is 0 Å². The molecule has 2 aromatic carbocycles. The van der Waals surface area contributed by atoms with Crippen LogP contribution in [0.1, 0.15) is 83.1 Å². The van der Waals surface area contributed by atoms with E-state index in [0.29, 0.717) is 20.6 Å². The van der Waals surface area contributed by atoms with E-state index in [1.165, 1.54) is 11.5 Å². The fourth-order valence-corrected chi connectivity index (χ4v) is 16.1. The third-order valence-electron chi connectivity index (χ3n) is 5.27. The molecule has 0 saturated carbocycles. The van der Waals surface area contributed by atoms with E-state index in [9.17, 15) is 0 Å². The molecule has 0 heterocycles. The van der Waals surface area contributed by atoms with Crippen LogP contribution in [-0.2, 0) is 17.3 Å². The smallest absolute Gasteiger partial charge is 0.0624 e. The molecule has 0 atom stereocenters. The molecule has 0 bridgehead atoms. The Morgan fingerprint density at radius 1 is 0.606 bits per heavy atom. The summed E-state index contributed by atoms with van der Waals surface area (Å²) in [5.74, 6) is 1.45. The van der Waals surface area contributed by atoms with E-state index in [1.54, 1.807) is 6.07 Å². The van der Waals surface area contributed by atoms with Crippen LogP contribution in [0.25, 0.3) is 11.1 Å². The molecule has 0 nitrogen and oxygen atoms in total. The first-order valence-electron chi connectivity index (χ1n) is 11.5.